The fourth-order valence-corrected chi connectivity index (χ4v) is 2.09. The van der Waals surface area contributed by atoms with Gasteiger partial charge in [-0.15, -0.1) is 0 Å². The van der Waals surface area contributed by atoms with Crippen LogP contribution in [0, 0.1) is 17.5 Å². The van der Waals surface area contributed by atoms with Crippen molar-refractivity contribution < 1.29 is 23.0 Å². The van der Waals surface area contributed by atoms with Gasteiger partial charge in [0.2, 0.25) is 0 Å². The van der Waals surface area contributed by atoms with Crippen LogP contribution in [0.5, 0.6) is 5.75 Å². The number of allylic oxidation sites excluding steroid dienone is 1. The monoisotopic (exact) mass is 322 g/mol. The Morgan fingerprint density at radius 3 is 2.48 bits per heavy atom. The molecule has 2 nitrogen and oxygen atoms in total. The quantitative estimate of drug-likeness (QED) is 0.787. The van der Waals surface area contributed by atoms with Gasteiger partial charge in [-0.2, -0.15) is 0 Å². The van der Waals surface area contributed by atoms with E-state index in [9.17, 15) is 13.2 Å². The third-order valence-corrected chi connectivity index (χ3v) is 3.31. The molecule has 2 aromatic rings. The second kappa shape index (κ2) is 7.83. The summed E-state index contributed by atoms with van der Waals surface area (Å²) < 4.78 is 47.0. The van der Waals surface area contributed by atoms with Crippen molar-refractivity contribution in [2.24, 2.45) is 0 Å². The van der Waals surface area contributed by atoms with Gasteiger partial charge in [0.15, 0.2) is 23.2 Å². The molecule has 0 aliphatic heterocycles. The molecular weight excluding hydrogens is 305 g/mol. The molecule has 2 rings (SSSR count). The topological polar surface area (TPSA) is 29.5 Å². The van der Waals surface area contributed by atoms with Crippen LogP contribution in [-0.2, 0) is 6.61 Å². The summed E-state index contributed by atoms with van der Waals surface area (Å²) in [5.41, 5.74) is -0.0229. The first kappa shape index (κ1) is 17.1. The minimum absolute atomic E-state index is 0.0439. The van der Waals surface area contributed by atoms with Crippen LogP contribution in [-0.4, -0.2) is 11.7 Å². The van der Waals surface area contributed by atoms with Gasteiger partial charge < -0.3 is 9.84 Å². The predicted molar refractivity (Wildman–Crippen MR) is 82.6 cm³/mol. The summed E-state index contributed by atoms with van der Waals surface area (Å²) in [5, 5.41) is 8.92. The Kier molecular flexibility index (Phi) is 5.82. The van der Waals surface area contributed by atoms with E-state index in [1.165, 1.54) is 24.3 Å². The van der Waals surface area contributed by atoms with E-state index in [1.807, 2.05) is 13.0 Å². The highest BCUT2D eigenvalue weighted by atomic mass is 19.2. The Morgan fingerprint density at radius 1 is 1.04 bits per heavy atom. The van der Waals surface area contributed by atoms with Gasteiger partial charge in [-0.3, -0.25) is 0 Å². The average molecular weight is 322 g/mol. The summed E-state index contributed by atoms with van der Waals surface area (Å²) in [6, 6.07) is 6.50. The van der Waals surface area contributed by atoms with Gasteiger partial charge in [0.25, 0.3) is 0 Å². The number of halogens is 3. The second-order valence-corrected chi connectivity index (χ2v) is 4.89. The van der Waals surface area contributed by atoms with E-state index in [0.29, 0.717) is 0 Å². The predicted octanol–water partition coefficient (Wildman–Crippen LogP) is 4.61. The Bertz CT molecular complexity index is 712. The Morgan fingerprint density at radius 2 is 1.83 bits per heavy atom. The van der Waals surface area contributed by atoms with E-state index in [1.54, 1.807) is 6.08 Å². The molecular formula is C18H17F3O2. The van der Waals surface area contributed by atoms with Crippen LogP contribution < -0.4 is 4.74 Å². The van der Waals surface area contributed by atoms with Gasteiger partial charge in [0.05, 0.1) is 6.61 Å². The first-order valence-electron chi connectivity index (χ1n) is 7.24. The molecule has 0 aliphatic carbocycles. The zero-order valence-electron chi connectivity index (χ0n) is 12.7. The third kappa shape index (κ3) is 3.93. The summed E-state index contributed by atoms with van der Waals surface area (Å²) in [6.45, 7) is 1.61. The van der Waals surface area contributed by atoms with Gasteiger partial charge in [-0.25, -0.2) is 13.2 Å². The summed E-state index contributed by atoms with van der Waals surface area (Å²) in [5.74, 6) is -2.85. The van der Waals surface area contributed by atoms with Crippen molar-refractivity contribution in [1.29, 1.82) is 0 Å². The number of aliphatic hydroxyl groups is 1. The molecule has 0 heterocycles. The van der Waals surface area contributed by atoms with Gasteiger partial charge in [0.1, 0.15) is 6.61 Å². The maximum Gasteiger partial charge on any atom is 0.167 e. The molecule has 0 radical (unpaired) electrons. The van der Waals surface area contributed by atoms with E-state index in [2.05, 4.69) is 0 Å². The van der Waals surface area contributed by atoms with E-state index >= 15 is 0 Å². The summed E-state index contributed by atoms with van der Waals surface area (Å²) in [4.78, 5) is 0. The number of ether oxygens (including phenoxy) is 1. The lowest BCUT2D eigenvalue weighted by atomic mass is 10.0. The van der Waals surface area contributed by atoms with E-state index in [-0.39, 0.29) is 29.0 Å². The number of rotatable bonds is 6. The number of hydrogen-bond donors (Lipinski definition) is 1. The highest BCUT2D eigenvalue weighted by molar-refractivity contribution is 5.65. The van der Waals surface area contributed by atoms with Crippen molar-refractivity contribution in [2.45, 2.75) is 20.0 Å². The Labute approximate surface area is 132 Å². The molecule has 23 heavy (non-hydrogen) atoms. The molecule has 0 bridgehead atoms. The van der Waals surface area contributed by atoms with Crippen LogP contribution in [0.4, 0.5) is 13.2 Å². The SMILES string of the molecule is CC/C=C\COc1ccc(-c2ccc(CO)c(F)c2F)cc1F. The van der Waals surface area contributed by atoms with Crippen molar-refractivity contribution in [2.75, 3.05) is 6.61 Å². The summed E-state index contributed by atoms with van der Waals surface area (Å²) in [6.07, 6.45) is 4.53. The van der Waals surface area contributed by atoms with Crippen molar-refractivity contribution in [1.82, 2.24) is 0 Å². The molecule has 0 aromatic heterocycles. The van der Waals surface area contributed by atoms with Crippen LogP contribution in [0.25, 0.3) is 11.1 Å². The van der Waals surface area contributed by atoms with E-state index in [0.717, 1.165) is 12.5 Å². The summed E-state index contributed by atoms with van der Waals surface area (Å²) >= 11 is 0. The molecule has 5 heteroatoms. The Balaban J connectivity index is 2.27. The molecule has 0 unspecified atom stereocenters. The van der Waals surface area contributed by atoms with Crippen LogP contribution in [0.15, 0.2) is 42.5 Å². The zero-order valence-corrected chi connectivity index (χ0v) is 12.7. The molecule has 0 aliphatic rings. The first-order chi connectivity index (χ1) is 11.1. The number of benzene rings is 2. The van der Waals surface area contributed by atoms with Gasteiger partial charge in [-0.1, -0.05) is 37.3 Å². The molecule has 0 atom stereocenters. The van der Waals surface area contributed by atoms with Crippen molar-refractivity contribution in [3.05, 3.63) is 65.5 Å². The summed E-state index contributed by atoms with van der Waals surface area (Å²) in [7, 11) is 0. The lowest BCUT2D eigenvalue weighted by Gasteiger charge is -2.10. The lowest BCUT2D eigenvalue weighted by Crippen LogP contribution is -1.99. The van der Waals surface area contributed by atoms with Crippen LogP contribution in [0.1, 0.15) is 18.9 Å². The zero-order chi connectivity index (χ0) is 16.8. The molecule has 122 valence electrons. The van der Waals surface area contributed by atoms with Gasteiger partial charge >= 0.3 is 0 Å². The smallest absolute Gasteiger partial charge is 0.167 e. The van der Waals surface area contributed by atoms with Crippen molar-refractivity contribution >= 4 is 0 Å². The fraction of sp³-hybridized carbons (Fsp3) is 0.222. The molecule has 0 spiro atoms. The van der Waals surface area contributed by atoms with E-state index in [4.69, 9.17) is 9.84 Å². The third-order valence-electron chi connectivity index (χ3n) is 3.31. The largest absolute Gasteiger partial charge is 0.486 e. The first-order valence-corrected chi connectivity index (χ1v) is 7.24. The minimum Gasteiger partial charge on any atom is -0.486 e. The fourth-order valence-electron chi connectivity index (χ4n) is 2.09. The van der Waals surface area contributed by atoms with Gasteiger partial charge in [0, 0.05) is 11.1 Å². The molecule has 0 saturated heterocycles. The molecule has 0 amide bonds. The minimum atomic E-state index is -1.13. The average Bonchev–Trinajstić information content (AvgIpc) is 2.55. The number of aliphatic hydroxyl groups excluding tert-OH is 1. The van der Waals surface area contributed by atoms with Gasteiger partial charge in [-0.05, 0) is 24.1 Å². The van der Waals surface area contributed by atoms with Crippen molar-refractivity contribution in [3.63, 3.8) is 0 Å². The molecule has 0 fully saturated rings. The lowest BCUT2D eigenvalue weighted by molar-refractivity contribution is 0.273. The standard InChI is InChI=1S/C18H17F3O2/c1-2-3-4-9-23-16-8-6-12(10-15(16)19)14-7-5-13(11-22)17(20)18(14)21/h3-8,10,22H,2,9,11H2,1H3/b4-3-. The van der Waals surface area contributed by atoms with Crippen LogP contribution in [0.3, 0.4) is 0 Å². The normalized spacial score (nSPS) is 11.2. The Hall–Kier alpha value is -2.27. The van der Waals surface area contributed by atoms with Crippen molar-refractivity contribution in [3.8, 4) is 16.9 Å². The highest BCUT2D eigenvalue weighted by Crippen LogP contribution is 2.29. The van der Waals surface area contributed by atoms with E-state index < -0.39 is 24.1 Å². The molecule has 0 saturated carbocycles. The van der Waals surface area contributed by atoms with Crippen LogP contribution in [0.2, 0.25) is 0 Å². The second-order valence-electron chi connectivity index (χ2n) is 4.89. The number of hydrogen-bond acceptors (Lipinski definition) is 2. The van der Waals surface area contributed by atoms with Crippen LogP contribution >= 0.6 is 0 Å². The maximum absolute atomic E-state index is 14.0. The molecule has 1 N–H and O–H groups in total. The maximum atomic E-state index is 14.0. The molecule has 2 aromatic carbocycles. The highest BCUT2D eigenvalue weighted by Gasteiger charge is 2.15.